The first-order valence-corrected chi connectivity index (χ1v) is 6.92. The van der Waals surface area contributed by atoms with Crippen LogP contribution in [0.3, 0.4) is 0 Å². The van der Waals surface area contributed by atoms with Crippen LogP contribution in [-0.2, 0) is 17.9 Å². The number of nitrogens with zero attached hydrogens (tertiary/aromatic N) is 3. The highest BCUT2D eigenvalue weighted by molar-refractivity contribution is 5.92. The lowest BCUT2D eigenvalue weighted by Crippen LogP contribution is -2.08. The molecule has 6 heteroatoms. The maximum atomic E-state index is 11.0. The number of carboxylic acids is 1. The van der Waals surface area contributed by atoms with Gasteiger partial charge in [0.15, 0.2) is 0 Å². The predicted molar refractivity (Wildman–Crippen MR) is 80.6 cm³/mol. The Bertz CT molecular complexity index is 784. The van der Waals surface area contributed by atoms with Crippen molar-refractivity contribution in [3.05, 3.63) is 59.7 Å². The van der Waals surface area contributed by atoms with E-state index in [9.17, 15) is 4.79 Å². The zero-order valence-electron chi connectivity index (χ0n) is 11.8. The average Bonchev–Trinajstić information content (AvgIpc) is 2.95. The normalized spacial score (nSPS) is 10.9. The number of hydrogen-bond donors (Lipinski definition) is 1. The molecule has 0 amide bonds. The molecule has 0 spiro atoms. The molecule has 1 N–H and O–H groups in total. The molecule has 0 aliphatic rings. The van der Waals surface area contributed by atoms with Crippen molar-refractivity contribution in [1.82, 2.24) is 15.0 Å². The molecular weight excluding hydrogens is 282 g/mol. The minimum atomic E-state index is -0.963. The first-order chi connectivity index (χ1) is 10.7. The molecule has 1 aromatic heterocycles. The predicted octanol–water partition coefficient (Wildman–Crippen LogP) is 2.35. The zero-order chi connectivity index (χ0) is 15.4. The summed E-state index contributed by atoms with van der Waals surface area (Å²) in [7, 11) is 0. The van der Waals surface area contributed by atoms with Crippen molar-refractivity contribution < 1.29 is 14.6 Å². The Labute approximate surface area is 126 Å². The van der Waals surface area contributed by atoms with E-state index >= 15 is 0 Å². The van der Waals surface area contributed by atoms with E-state index in [1.54, 1.807) is 16.8 Å². The second-order valence-corrected chi connectivity index (χ2v) is 4.86. The second kappa shape index (κ2) is 6.36. The molecule has 0 unspecified atom stereocenters. The van der Waals surface area contributed by atoms with Crippen LogP contribution in [0.5, 0.6) is 0 Å². The van der Waals surface area contributed by atoms with Gasteiger partial charge in [-0.3, -0.25) is 0 Å². The van der Waals surface area contributed by atoms with Crippen molar-refractivity contribution >= 4 is 17.0 Å². The van der Waals surface area contributed by atoms with E-state index in [1.165, 1.54) is 6.07 Å². The number of aromatic nitrogens is 3. The van der Waals surface area contributed by atoms with E-state index in [0.29, 0.717) is 30.8 Å². The van der Waals surface area contributed by atoms with Crippen molar-refractivity contribution in [1.29, 1.82) is 0 Å². The fourth-order valence-corrected chi connectivity index (χ4v) is 2.18. The van der Waals surface area contributed by atoms with E-state index < -0.39 is 5.97 Å². The maximum Gasteiger partial charge on any atom is 0.335 e. The monoisotopic (exact) mass is 297 g/mol. The van der Waals surface area contributed by atoms with Crippen LogP contribution in [0.15, 0.2) is 48.5 Å². The highest BCUT2D eigenvalue weighted by Crippen LogP contribution is 2.13. The van der Waals surface area contributed by atoms with Crippen LogP contribution in [0.25, 0.3) is 11.0 Å². The van der Waals surface area contributed by atoms with E-state index in [0.717, 1.165) is 5.56 Å². The van der Waals surface area contributed by atoms with Crippen LogP contribution >= 0.6 is 0 Å². The van der Waals surface area contributed by atoms with Gasteiger partial charge in [0, 0.05) is 0 Å². The molecule has 112 valence electrons. The number of carbonyl (C=O) groups is 1. The highest BCUT2D eigenvalue weighted by atomic mass is 16.5. The number of ether oxygens (including phenoxy) is 1. The molecule has 0 saturated carbocycles. The van der Waals surface area contributed by atoms with Crippen LogP contribution < -0.4 is 0 Å². The standard InChI is InChI=1S/C16H15N3O3/c20-16(21)13-6-7-14-15(10-13)19(18-17-14)8-9-22-11-12-4-2-1-3-5-12/h1-7,10H,8-9,11H2,(H,20,21). The third-order valence-electron chi connectivity index (χ3n) is 3.32. The Morgan fingerprint density at radius 2 is 2.00 bits per heavy atom. The number of carboxylic acid groups (broad SMARTS) is 1. The fourth-order valence-electron chi connectivity index (χ4n) is 2.18. The summed E-state index contributed by atoms with van der Waals surface area (Å²) in [5.74, 6) is -0.963. The smallest absolute Gasteiger partial charge is 0.335 e. The highest BCUT2D eigenvalue weighted by Gasteiger charge is 2.09. The summed E-state index contributed by atoms with van der Waals surface area (Å²) in [6.45, 7) is 1.53. The van der Waals surface area contributed by atoms with Gasteiger partial charge >= 0.3 is 5.97 Å². The maximum absolute atomic E-state index is 11.0. The van der Waals surface area contributed by atoms with Gasteiger partial charge in [0.25, 0.3) is 0 Å². The van der Waals surface area contributed by atoms with E-state index in [-0.39, 0.29) is 5.56 Å². The summed E-state index contributed by atoms with van der Waals surface area (Å²) in [4.78, 5) is 11.0. The Kier molecular flexibility index (Phi) is 4.11. The quantitative estimate of drug-likeness (QED) is 0.707. The van der Waals surface area contributed by atoms with Crippen LogP contribution in [0, 0.1) is 0 Å². The molecule has 0 fully saturated rings. The molecule has 0 saturated heterocycles. The summed E-state index contributed by atoms with van der Waals surface area (Å²) >= 11 is 0. The Morgan fingerprint density at radius 1 is 1.18 bits per heavy atom. The Hall–Kier alpha value is -2.73. The molecule has 0 aliphatic carbocycles. The summed E-state index contributed by atoms with van der Waals surface area (Å²) < 4.78 is 7.27. The minimum Gasteiger partial charge on any atom is -0.478 e. The largest absolute Gasteiger partial charge is 0.478 e. The third-order valence-corrected chi connectivity index (χ3v) is 3.32. The number of hydrogen-bond acceptors (Lipinski definition) is 4. The number of aromatic carboxylic acids is 1. The summed E-state index contributed by atoms with van der Waals surface area (Å²) in [5, 5.41) is 17.1. The molecule has 0 atom stereocenters. The van der Waals surface area contributed by atoms with Gasteiger partial charge in [-0.1, -0.05) is 35.5 Å². The van der Waals surface area contributed by atoms with Gasteiger partial charge in [-0.25, -0.2) is 9.48 Å². The van der Waals surface area contributed by atoms with Gasteiger partial charge in [0.1, 0.15) is 5.52 Å². The topological polar surface area (TPSA) is 77.2 Å². The number of fused-ring (bicyclic) bond motifs is 1. The van der Waals surface area contributed by atoms with E-state index in [2.05, 4.69) is 10.3 Å². The molecule has 0 aliphatic heterocycles. The summed E-state index contributed by atoms with van der Waals surface area (Å²) in [5.41, 5.74) is 2.71. The van der Waals surface area contributed by atoms with Gasteiger partial charge in [0.2, 0.25) is 0 Å². The Balaban J connectivity index is 1.64. The van der Waals surface area contributed by atoms with Crippen LogP contribution in [0.2, 0.25) is 0 Å². The van der Waals surface area contributed by atoms with Crippen molar-refractivity contribution in [3.8, 4) is 0 Å². The first-order valence-electron chi connectivity index (χ1n) is 6.92. The van der Waals surface area contributed by atoms with Crippen molar-refractivity contribution in [2.75, 3.05) is 6.61 Å². The van der Waals surface area contributed by atoms with Gasteiger partial charge in [-0.05, 0) is 23.8 Å². The van der Waals surface area contributed by atoms with Gasteiger partial charge < -0.3 is 9.84 Å². The van der Waals surface area contributed by atoms with Gasteiger partial charge in [-0.2, -0.15) is 0 Å². The lowest BCUT2D eigenvalue weighted by molar-refractivity contribution is 0.0697. The van der Waals surface area contributed by atoms with Crippen LogP contribution in [-0.4, -0.2) is 32.7 Å². The molecule has 2 aromatic carbocycles. The van der Waals surface area contributed by atoms with Gasteiger partial charge in [-0.15, -0.1) is 5.10 Å². The third kappa shape index (κ3) is 3.12. The van der Waals surface area contributed by atoms with Crippen molar-refractivity contribution in [2.24, 2.45) is 0 Å². The molecule has 0 radical (unpaired) electrons. The number of benzene rings is 2. The van der Waals surface area contributed by atoms with E-state index in [4.69, 9.17) is 9.84 Å². The first kappa shape index (κ1) is 14.2. The molecule has 3 aromatic rings. The summed E-state index contributed by atoms with van der Waals surface area (Å²) in [6.07, 6.45) is 0. The van der Waals surface area contributed by atoms with Crippen molar-refractivity contribution in [2.45, 2.75) is 13.2 Å². The summed E-state index contributed by atoms with van der Waals surface area (Å²) in [6, 6.07) is 14.7. The molecule has 6 nitrogen and oxygen atoms in total. The SMILES string of the molecule is O=C(O)c1ccc2nnn(CCOCc3ccccc3)c2c1. The van der Waals surface area contributed by atoms with E-state index in [1.807, 2.05) is 30.3 Å². The fraction of sp³-hybridized carbons (Fsp3) is 0.188. The molecule has 3 rings (SSSR count). The van der Waals surface area contributed by atoms with Crippen LogP contribution in [0.4, 0.5) is 0 Å². The molecule has 0 bridgehead atoms. The Morgan fingerprint density at radius 3 is 2.77 bits per heavy atom. The van der Waals surface area contributed by atoms with Crippen LogP contribution in [0.1, 0.15) is 15.9 Å². The second-order valence-electron chi connectivity index (χ2n) is 4.86. The molecule has 22 heavy (non-hydrogen) atoms. The lowest BCUT2D eigenvalue weighted by atomic mass is 10.2. The minimum absolute atomic E-state index is 0.223. The van der Waals surface area contributed by atoms with Crippen molar-refractivity contribution in [3.63, 3.8) is 0 Å². The van der Waals surface area contributed by atoms with Gasteiger partial charge in [0.05, 0.1) is 30.8 Å². The average molecular weight is 297 g/mol. The molecule has 1 heterocycles. The lowest BCUT2D eigenvalue weighted by Gasteiger charge is -2.05. The molecular formula is C16H15N3O3. The zero-order valence-corrected chi connectivity index (χ0v) is 11.8. The number of rotatable bonds is 6.